The Hall–Kier alpha value is -0.0400. The molecule has 96 valence electrons. The first kappa shape index (κ1) is 14.0. The van der Waals surface area contributed by atoms with Crippen LogP contribution < -0.4 is 5.32 Å². The van der Waals surface area contributed by atoms with E-state index >= 15 is 0 Å². The summed E-state index contributed by atoms with van der Waals surface area (Å²) >= 11 is 0. The lowest BCUT2D eigenvalue weighted by atomic mass is 9.64. The smallest absolute Gasteiger partial charge is 0.00999 e. The van der Waals surface area contributed by atoms with Crippen molar-refractivity contribution >= 4 is 0 Å². The van der Waals surface area contributed by atoms with Crippen LogP contribution in [-0.2, 0) is 0 Å². The Morgan fingerprint density at radius 2 is 1.94 bits per heavy atom. The van der Waals surface area contributed by atoms with E-state index in [4.69, 9.17) is 0 Å². The van der Waals surface area contributed by atoms with E-state index in [0.29, 0.717) is 5.41 Å². The molecular formula is C15H31N. The number of unbranched alkanes of at least 4 members (excludes halogenated alkanes) is 1. The quantitative estimate of drug-likeness (QED) is 0.738. The third-order valence-corrected chi connectivity index (χ3v) is 4.66. The highest BCUT2D eigenvalue weighted by molar-refractivity contribution is 4.91. The maximum atomic E-state index is 3.57. The summed E-state index contributed by atoms with van der Waals surface area (Å²) in [5.41, 5.74) is 0.518. The van der Waals surface area contributed by atoms with Crippen molar-refractivity contribution < 1.29 is 0 Å². The standard InChI is InChI=1S/C15H31N/c1-6-7-10-15(3,4)13-9-8-12(2)11-14(13)16-5/h12-14,16H,6-11H2,1-5H3. The van der Waals surface area contributed by atoms with Crippen molar-refractivity contribution in [3.63, 3.8) is 0 Å². The van der Waals surface area contributed by atoms with Crippen molar-refractivity contribution in [3.05, 3.63) is 0 Å². The molecule has 0 aliphatic heterocycles. The van der Waals surface area contributed by atoms with Crippen LogP contribution in [0.2, 0.25) is 0 Å². The first-order chi connectivity index (χ1) is 7.51. The minimum atomic E-state index is 0.518. The van der Waals surface area contributed by atoms with Gasteiger partial charge >= 0.3 is 0 Å². The molecule has 1 nitrogen and oxygen atoms in total. The summed E-state index contributed by atoms with van der Waals surface area (Å²) < 4.78 is 0. The maximum absolute atomic E-state index is 3.57. The van der Waals surface area contributed by atoms with E-state index in [-0.39, 0.29) is 0 Å². The third-order valence-electron chi connectivity index (χ3n) is 4.66. The molecule has 0 aromatic carbocycles. The van der Waals surface area contributed by atoms with Gasteiger partial charge in [-0.2, -0.15) is 0 Å². The molecule has 0 radical (unpaired) electrons. The molecule has 0 aromatic rings. The lowest BCUT2D eigenvalue weighted by molar-refractivity contribution is 0.0884. The van der Waals surface area contributed by atoms with Crippen molar-refractivity contribution in [2.24, 2.45) is 17.3 Å². The normalized spacial score (nSPS) is 31.7. The number of rotatable bonds is 5. The zero-order valence-electron chi connectivity index (χ0n) is 12.0. The summed E-state index contributed by atoms with van der Waals surface area (Å²) in [7, 11) is 2.14. The Morgan fingerprint density at radius 1 is 1.25 bits per heavy atom. The van der Waals surface area contributed by atoms with Crippen molar-refractivity contribution in [2.45, 2.75) is 72.3 Å². The summed E-state index contributed by atoms with van der Waals surface area (Å²) in [4.78, 5) is 0. The summed E-state index contributed by atoms with van der Waals surface area (Å²) in [5, 5.41) is 3.57. The topological polar surface area (TPSA) is 12.0 Å². The van der Waals surface area contributed by atoms with Gasteiger partial charge in [0.05, 0.1) is 0 Å². The van der Waals surface area contributed by atoms with Crippen LogP contribution in [0.4, 0.5) is 0 Å². The molecule has 1 aliphatic carbocycles. The highest BCUT2D eigenvalue weighted by atomic mass is 14.9. The lowest BCUT2D eigenvalue weighted by Crippen LogP contribution is -2.45. The Bertz CT molecular complexity index is 198. The molecule has 0 aromatic heterocycles. The first-order valence-electron chi connectivity index (χ1n) is 7.18. The second-order valence-corrected chi connectivity index (χ2v) is 6.51. The SMILES string of the molecule is CCCCC(C)(C)C1CCC(C)CC1NC. The highest BCUT2D eigenvalue weighted by Gasteiger charge is 2.37. The molecule has 1 N–H and O–H groups in total. The van der Waals surface area contributed by atoms with Crippen LogP contribution in [0.3, 0.4) is 0 Å². The fraction of sp³-hybridized carbons (Fsp3) is 1.00. The molecule has 0 amide bonds. The van der Waals surface area contributed by atoms with Crippen LogP contribution in [0.25, 0.3) is 0 Å². The average molecular weight is 225 g/mol. The average Bonchev–Trinajstić information content (AvgIpc) is 2.26. The van der Waals surface area contributed by atoms with E-state index in [1.54, 1.807) is 0 Å². The molecule has 3 unspecified atom stereocenters. The Labute approximate surface area is 102 Å². The van der Waals surface area contributed by atoms with Gasteiger partial charge in [0.25, 0.3) is 0 Å². The summed E-state index contributed by atoms with van der Waals surface area (Å²) in [5.74, 6) is 1.79. The van der Waals surface area contributed by atoms with E-state index in [1.165, 1.54) is 38.5 Å². The zero-order valence-corrected chi connectivity index (χ0v) is 12.0. The van der Waals surface area contributed by atoms with Gasteiger partial charge in [-0.25, -0.2) is 0 Å². The van der Waals surface area contributed by atoms with Crippen molar-refractivity contribution in [2.75, 3.05) is 7.05 Å². The fourth-order valence-corrected chi connectivity index (χ4v) is 3.45. The molecule has 1 saturated carbocycles. The first-order valence-corrected chi connectivity index (χ1v) is 7.18. The molecule has 1 aliphatic rings. The van der Waals surface area contributed by atoms with E-state index in [0.717, 1.165) is 17.9 Å². The molecule has 0 heterocycles. The molecule has 0 saturated heterocycles. The monoisotopic (exact) mass is 225 g/mol. The molecule has 16 heavy (non-hydrogen) atoms. The van der Waals surface area contributed by atoms with E-state index in [2.05, 4.69) is 40.1 Å². The summed E-state index contributed by atoms with van der Waals surface area (Å²) in [6.45, 7) is 9.66. The van der Waals surface area contributed by atoms with Crippen LogP contribution in [-0.4, -0.2) is 13.1 Å². The van der Waals surface area contributed by atoms with Crippen molar-refractivity contribution in [1.82, 2.24) is 5.32 Å². The van der Waals surface area contributed by atoms with Gasteiger partial charge in [-0.1, -0.05) is 47.0 Å². The number of nitrogens with one attached hydrogen (secondary N) is 1. The second kappa shape index (κ2) is 6.05. The zero-order chi connectivity index (χ0) is 12.2. The Balaban J connectivity index is 2.61. The Kier molecular flexibility index (Phi) is 5.30. The van der Waals surface area contributed by atoms with Crippen LogP contribution in [0.1, 0.15) is 66.2 Å². The van der Waals surface area contributed by atoms with Gasteiger partial charge in [-0.15, -0.1) is 0 Å². The van der Waals surface area contributed by atoms with Crippen LogP contribution in [0.5, 0.6) is 0 Å². The largest absolute Gasteiger partial charge is 0.317 e. The predicted octanol–water partition coefficient (Wildman–Crippen LogP) is 4.23. The molecule has 1 rings (SSSR count). The lowest BCUT2D eigenvalue weighted by Gasteiger charge is -2.44. The molecule has 1 fully saturated rings. The predicted molar refractivity (Wildman–Crippen MR) is 72.7 cm³/mol. The highest BCUT2D eigenvalue weighted by Crippen LogP contribution is 2.43. The van der Waals surface area contributed by atoms with Gasteiger partial charge < -0.3 is 5.32 Å². The van der Waals surface area contributed by atoms with Gasteiger partial charge in [-0.05, 0) is 43.6 Å². The molecule has 3 atom stereocenters. The van der Waals surface area contributed by atoms with Crippen molar-refractivity contribution in [3.8, 4) is 0 Å². The molecule has 0 bridgehead atoms. The second-order valence-electron chi connectivity index (χ2n) is 6.51. The van der Waals surface area contributed by atoms with Crippen LogP contribution in [0, 0.1) is 17.3 Å². The minimum absolute atomic E-state index is 0.518. The van der Waals surface area contributed by atoms with Gasteiger partial charge in [0.1, 0.15) is 0 Å². The van der Waals surface area contributed by atoms with E-state index < -0.39 is 0 Å². The fourth-order valence-electron chi connectivity index (χ4n) is 3.45. The van der Waals surface area contributed by atoms with Crippen LogP contribution in [0.15, 0.2) is 0 Å². The molecular weight excluding hydrogens is 194 g/mol. The molecule has 0 spiro atoms. The van der Waals surface area contributed by atoms with Crippen molar-refractivity contribution in [1.29, 1.82) is 0 Å². The number of hydrogen-bond acceptors (Lipinski definition) is 1. The van der Waals surface area contributed by atoms with Gasteiger partial charge in [-0.3, -0.25) is 0 Å². The maximum Gasteiger partial charge on any atom is 0.00999 e. The van der Waals surface area contributed by atoms with E-state index in [1.807, 2.05) is 0 Å². The Morgan fingerprint density at radius 3 is 2.50 bits per heavy atom. The summed E-state index contributed by atoms with van der Waals surface area (Å²) in [6, 6.07) is 0.746. The number of hydrogen-bond donors (Lipinski definition) is 1. The summed E-state index contributed by atoms with van der Waals surface area (Å²) in [6.07, 6.45) is 8.32. The molecule has 1 heteroatoms. The third kappa shape index (κ3) is 3.48. The van der Waals surface area contributed by atoms with Gasteiger partial charge in [0.2, 0.25) is 0 Å². The minimum Gasteiger partial charge on any atom is -0.317 e. The van der Waals surface area contributed by atoms with E-state index in [9.17, 15) is 0 Å². The van der Waals surface area contributed by atoms with Gasteiger partial charge in [0.15, 0.2) is 0 Å². The van der Waals surface area contributed by atoms with Crippen LogP contribution >= 0.6 is 0 Å². The van der Waals surface area contributed by atoms with Gasteiger partial charge in [0, 0.05) is 6.04 Å².